The molecule has 1 amide bonds. The lowest BCUT2D eigenvalue weighted by Gasteiger charge is -2.20. The Hall–Kier alpha value is -1.18. The maximum atomic E-state index is 12.1. The summed E-state index contributed by atoms with van der Waals surface area (Å²) >= 11 is 0. The van der Waals surface area contributed by atoms with Crippen LogP contribution in [0, 0.1) is 5.92 Å². The molecule has 0 bridgehead atoms. The molecule has 0 radical (unpaired) electrons. The summed E-state index contributed by atoms with van der Waals surface area (Å²) < 4.78 is 10.4. The number of carbonyl (C=O) groups is 2. The number of amides is 1. The van der Waals surface area contributed by atoms with Crippen molar-refractivity contribution in [2.24, 2.45) is 5.92 Å². The lowest BCUT2D eigenvalue weighted by molar-refractivity contribution is -0.140. The third kappa shape index (κ3) is 5.44. The third-order valence-corrected chi connectivity index (χ3v) is 3.31. The van der Waals surface area contributed by atoms with Gasteiger partial charge in [-0.25, -0.2) is 0 Å². The van der Waals surface area contributed by atoms with Crippen molar-refractivity contribution in [2.45, 2.75) is 31.9 Å². The fraction of sp³-hybridized carbons (Fsp3) is 0.846. The molecule has 1 fully saturated rings. The van der Waals surface area contributed by atoms with Gasteiger partial charge in [0, 0.05) is 19.7 Å². The third-order valence-electron chi connectivity index (χ3n) is 3.31. The zero-order valence-corrected chi connectivity index (χ0v) is 12.1. The number of hydrogen-bond acceptors (Lipinski definition) is 5. The summed E-state index contributed by atoms with van der Waals surface area (Å²) in [5.41, 5.74) is 0. The van der Waals surface area contributed by atoms with Gasteiger partial charge in [0.15, 0.2) is 0 Å². The van der Waals surface area contributed by atoms with Crippen LogP contribution in [0.3, 0.4) is 0 Å². The number of rotatable bonds is 9. The van der Waals surface area contributed by atoms with Crippen molar-refractivity contribution in [3.05, 3.63) is 0 Å². The van der Waals surface area contributed by atoms with Gasteiger partial charge in [-0.2, -0.15) is 0 Å². The van der Waals surface area contributed by atoms with E-state index < -0.39 is 12.1 Å². The van der Waals surface area contributed by atoms with Gasteiger partial charge in [0.05, 0.1) is 31.7 Å². The van der Waals surface area contributed by atoms with Crippen LogP contribution in [0.4, 0.5) is 0 Å². The zero-order chi connectivity index (χ0) is 15.0. The van der Waals surface area contributed by atoms with Gasteiger partial charge in [-0.15, -0.1) is 0 Å². The first-order valence-corrected chi connectivity index (χ1v) is 6.91. The topological polar surface area (TPSA) is 96.9 Å². The van der Waals surface area contributed by atoms with E-state index in [1.54, 1.807) is 0 Å². The molecule has 1 aliphatic heterocycles. The molecule has 20 heavy (non-hydrogen) atoms. The van der Waals surface area contributed by atoms with Crippen LogP contribution >= 0.6 is 0 Å². The van der Waals surface area contributed by atoms with E-state index >= 15 is 0 Å². The quantitative estimate of drug-likeness (QED) is 0.534. The van der Waals surface area contributed by atoms with Gasteiger partial charge < -0.3 is 25.2 Å². The predicted octanol–water partition coefficient (Wildman–Crippen LogP) is -0.393. The Kier molecular flexibility index (Phi) is 7.50. The number of carboxylic acids is 1. The summed E-state index contributed by atoms with van der Waals surface area (Å²) in [4.78, 5) is 22.7. The molecular weight excluding hydrogens is 264 g/mol. The maximum Gasteiger partial charge on any atom is 0.306 e. The summed E-state index contributed by atoms with van der Waals surface area (Å²) in [5.74, 6) is -1.30. The van der Waals surface area contributed by atoms with E-state index in [0.29, 0.717) is 13.2 Å². The van der Waals surface area contributed by atoms with Crippen LogP contribution in [-0.4, -0.2) is 62.5 Å². The molecule has 0 spiro atoms. The van der Waals surface area contributed by atoms with Gasteiger partial charge in [-0.3, -0.25) is 9.59 Å². The van der Waals surface area contributed by atoms with E-state index in [1.165, 1.54) is 7.11 Å². The Bertz CT molecular complexity index is 324. The Morgan fingerprint density at radius 2 is 2.20 bits per heavy atom. The average Bonchev–Trinajstić information content (AvgIpc) is 2.88. The van der Waals surface area contributed by atoms with Crippen molar-refractivity contribution in [3.8, 4) is 0 Å². The molecule has 7 nitrogen and oxygen atoms in total. The molecule has 0 saturated carbocycles. The Morgan fingerprint density at radius 1 is 1.45 bits per heavy atom. The molecule has 1 heterocycles. The van der Waals surface area contributed by atoms with Crippen molar-refractivity contribution in [2.75, 3.05) is 33.4 Å². The second kappa shape index (κ2) is 8.89. The van der Waals surface area contributed by atoms with Crippen molar-refractivity contribution >= 4 is 11.9 Å². The Morgan fingerprint density at radius 3 is 2.80 bits per heavy atom. The van der Waals surface area contributed by atoms with Gasteiger partial charge in [0.25, 0.3) is 0 Å². The van der Waals surface area contributed by atoms with E-state index in [0.717, 1.165) is 13.0 Å². The van der Waals surface area contributed by atoms with Gasteiger partial charge >= 0.3 is 5.97 Å². The Labute approximate surface area is 119 Å². The van der Waals surface area contributed by atoms with E-state index in [2.05, 4.69) is 17.6 Å². The molecule has 3 N–H and O–H groups in total. The molecule has 3 atom stereocenters. The van der Waals surface area contributed by atoms with Gasteiger partial charge in [-0.1, -0.05) is 6.92 Å². The smallest absolute Gasteiger partial charge is 0.306 e. The minimum absolute atomic E-state index is 0.0235. The normalized spacial score (nSPS) is 23.5. The van der Waals surface area contributed by atoms with E-state index in [1.807, 2.05) is 0 Å². The van der Waals surface area contributed by atoms with Crippen molar-refractivity contribution < 1.29 is 24.2 Å². The standard InChI is InChI=1S/C13H24N2O5/c1-3-4-14-11-8-20-7-10(11)13(18)15-6-9(19-2)5-12(16)17/h9-11,14H,3-8H2,1-2H3,(H,15,18)(H,16,17). The van der Waals surface area contributed by atoms with E-state index in [4.69, 9.17) is 14.6 Å². The molecule has 7 heteroatoms. The second-order valence-electron chi connectivity index (χ2n) is 4.91. The SMILES string of the molecule is CCCNC1COCC1C(=O)NCC(CC(=O)O)OC. The minimum Gasteiger partial charge on any atom is -0.481 e. The molecule has 116 valence electrons. The maximum absolute atomic E-state index is 12.1. The van der Waals surface area contributed by atoms with Crippen LogP contribution in [0.2, 0.25) is 0 Å². The average molecular weight is 288 g/mol. The summed E-state index contributed by atoms with van der Waals surface area (Å²) in [6, 6.07) is 0.0235. The van der Waals surface area contributed by atoms with Crippen LogP contribution in [0.1, 0.15) is 19.8 Å². The highest BCUT2D eigenvalue weighted by Crippen LogP contribution is 2.14. The zero-order valence-electron chi connectivity index (χ0n) is 12.1. The molecular formula is C13H24N2O5. The Balaban J connectivity index is 2.38. The number of hydrogen-bond donors (Lipinski definition) is 3. The number of carboxylic acid groups (broad SMARTS) is 1. The largest absolute Gasteiger partial charge is 0.481 e. The summed E-state index contributed by atoms with van der Waals surface area (Å²) in [7, 11) is 1.43. The van der Waals surface area contributed by atoms with Crippen molar-refractivity contribution in [3.63, 3.8) is 0 Å². The van der Waals surface area contributed by atoms with Gasteiger partial charge in [0.2, 0.25) is 5.91 Å². The van der Waals surface area contributed by atoms with E-state index in [-0.39, 0.29) is 30.8 Å². The number of nitrogens with one attached hydrogen (secondary N) is 2. The lowest BCUT2D eigenvalue weighted by atomic mass is 10.0. The highest BCUT2D eigenvalue weighted by molar-refractivity contribution is 5.80. The molecule has 3 unspecified atom stereocenters. The fourth-order valence-electron chi connectivity index (χ4n) is 2.12. The van der Waals surface area contributed by atoms with E-state index in [9.17, 15) is 9.59 Å². The van der Waals surface area contributed by atoms with Crippen LogP contribution in [0.25, 0.3) is 0 Å². The molecule has 0 aliphatic carbocycles. The monoisotopic (exact) mass is 288 g/mol. The van der Waals surface area contributed by atoms with Gasteiger partial charge in [0.1, 0.15) is 0 Å². The molecule has 0 aromatic heterocycles. The number of aliphatic carboxylic acids is 1. The fourth-order valence-corrected chi connectivity index (χ4v) is 2.12. The first kappa shape index (κ1) is 16.9. The minimum atomic E-state index is -0.946. The molecule has 0 aromatic carbocycles. The van der Waals surface area contributed by atoms with Crippen LogP contribution in [-0.2, 0) is 19.1 Å². The van der Waals surface area contributed by atoms with Crippen LogP contribution in [0.15, 0.2) is 0 Å². The van der Waals surface area contributed by atoms with Crippen LogP contribution < -0.4 is 10.6 Å². The first-order valence-electron chi connectivity index (χ1n) is 6.91. The molecule has 1 aliphatic rings. The summed E-state index contributed by atoms with van der Waals surface area (Å²) in [5, 5.41) is 14.7. The number of methoxy groups -OCH3 is 1. The molecule has 1 saturated heterocycles. The first-order chi connectivity index (χ1) is 9.58. The highest BCUT2D eigenvalue weighted by Gasteiger charge is 2.33. The lowest BCUT2D eigenvalue weighted by Crippen LogP contribution is -2.46. The predicted molar refractivity (Wildman–Crippen MR) is 72.5 cm³/mol. The summed E-state index contributed by atoms with van der Waals surface area (Å²) in [6.45, 7) is 4.02. The van der Waals surface area contributed by atoms with Crippen molar-refractivity contribution in [1.82, 2.24) is 10.6 Å². The highest BCUT2D eigenvalue weighted by atomic mass is 16.5. The van der Waals surface area contributed by atoms with Gasteiger partial charge in [-0.05, 0) is 13.0 Å². The summed E-state index contributed by atoms with van der Waals surface area (Å²) in [6.07, 6.45) is 0.353. The number of carbonyl (C=O) groups excluding carboxylic acids is 1. The number of ether oxygens (including phenoxy) is 2. The second-order valence-corrected chi connectivity index (χ2v) is 4.91. The van der Waals surface area contributed by atoms with Crippen molar-refractivity contribution in [1.29, 1.82) is 0 Å². The van der Waals surface area contributed by atoms with Crippen LogP contribution in [0.5, 0.6) is 0 Å². The molecule has 0 aromatic rings. The molecule has 1 rings (SSSR count).